The van der Waals surface area contributed by atoms with Crippen molar-refractivity contribution in [3.8, 4) is 0 Å². The van der Waals surface area contributed by atoms with Gasteiger partial charge in [-0.2, -0.15) is 0 Å². The van der Waals surface area contributed by atoms with Crippen LogP contribution in [0.1, 0.15) is 5.56 Å². The molecule has 0 unspecified atom stereocenters. The standard InChI is InChI=1S/C21H17BrN2/c1-2-24(20-11-7-4-8-12-20)21(17-13-15-18(22)16-14-17)23-19-9-5-3-6-10-19/h2-16H,1H2/b23-21+. The van der Waals surface area contributed by atoms with Crippen molar-refractivity contribution in [2.24, 2.45) is 4.99 Å². The molecule has 0 bridgehead atoms. The van der Waals surface area contributed by atoms with Gasteiger partial charge in [-0.1, -0.05) is 71.0 Å². The zero-order valence-electron chi connectivity index (χ0n) is 13.1. The predicted octanol–water partition coefficient (Wildman–Crippen LogP) is 6.18. The van der Waals surface area contributed by atoms with Crippen molar-refractivity contribution in [3.63, 3.8) is 0 Å². The number of halogens is 1. The number of hydrogen-bond acceptors (Lipinski definition) is 1. The third kappa shape index (κ3) is 3.81. The van der Waals surface area contributed by atoms with Gasteiger partial charge >= 0.3 is 0 Å². The van der Waals surface area contributed by atoms with Crippen molar-refractivity contribution >= 4 is 33.1 Å². The first-order chi connectivity index (χ1) is 11.8. The quantitative estimate of drug-likeness (QED) is 0.392. The molecule has 0 amide bonds. The van der Waals surface area contributed by atoms with Gasteiger partial charge in [-0.25, -0.2) is 4.99 Å². The third-order valence-electron chi connectivity index (χ3n) is 3.54. The number of amidine groups is 1. The van der Waals surface area contributed by atoms with E-state index in [-0.39, 0.29) is 0 Å². The highest BCUT2D eigenvalue weighted by atomic mass is 79.9. The van der Waals surface area contributed by atoms with E-state index >= 15 is 0 Å². The van der Waals surface area contributed by atoms with E-state index in [2.05, 4.69) is 22.5 Å². The van der Waals surface area contributed by atoms with Gasteiger partial charge < -0.3 is 4.90 Å². The van der Waals surface area contributed by atoms with E-state index in [1.807, 2.05) is 89.8 Å². The Morgan fingerprint density at radius 2 is 1.42 bits per heavy atom. The van der Waals surface area contributed by atoms with E-state index in [0.717, 1.165) is 27.2 Å². The fraction of sp³-hybridized carbons (Fsp3) is 0. The minimum absolute atomic E-state index is 0.829. The van der Waals surface area contributed by atoms with E-state index < -0.39 is 0 Å². The number of anilines is 1. The van der Waals surface area contributed by atoms with Crippen LogP contribution in [0.3, 0.4) is 0 Å². The van der Waals surface area contributed by atoms with Crippen LogP contribution in [0.15, 0.2) is 107 Å². The lowest BCUT2D eigenvalue weighted by Crippen LogP contribution is -2.25. The molecule has 2 nitrogen and oxygen atoms in total. The Morgan fingerprint density at radius 1 is 0.833 bits per heavy atom. The smallest absolute Gasteiger partial charge is 0.145 e. The summed E-state index contributed by atoms with van der Waals surface area (Å²) < 4.78 is 1.04. The van der Waals surface area contributed by atoms with Crippen LogP contribution in [0.4, 0.5) is 11.4 Å². The zero-order valence-corrected chi connectivity index (χ0v) is 14.7. The molecule has 0 spiro atoms. The lowest BCUT2D eigenvalue weighted by molar-refractivity contribution is 1.31. The summed E-state index contributed by atoms with van der Waals surface area (Å²) in [6.07, 6.45) is 1.79. The Kier molecular flexibility index (Phi) is 5.24. The van der Waals surface area contributed by atoms with E-state index in [9.17, 15) is 0 Å². The monoisotopic (exact) mass is 376 g/mol. The largest absolute Gasteiger partial charge is 0.302 e. The number of hydrogen-bond donors (Lipinski definition) is 0. The van der Waals surface area contributed by atoms with Crippen LogP contribution < -0.4 is 4.90 Å². The SMILES string of the molecule is C=CN(/C(=N/c1ccccc1)c1ccc(Br)cc1)c1ccccc1. The molecule has 0 N–H and O–H groups in total. The van der Waals surface area contributed by atoms with Crippen LogP contribution in [0.2, 0.25) is 0 Å². The summed E-state index contributed by atoms with van der Waals surface area (Å²) in [6, 6.07) is 28.2. The Hall–Kier alpha value is -2.65. The molecule has 0 saturated carbocycles. The van der Waals surface area contributed by atoms with Crippen LogP contribution in [-0.4, -0.2) is 5.84 Å². The van der Waals surface area contributed by atoms with Gasteiger partial charge in [0.1, 0.15) is 5.84 Å². The molecule has 0 radical (unpaired) electrons. The summed E-state index contributed by atoms with van der Waals surface area (Å²) in [7, 11) is 0. The lowest BCUT2D eigenvalue weighted by Gasteiger charge is -2.22. The lowest BCUT2D eigenvalue weighted by atomic mass is 10.1. The first-order valence-electron chi connectivity index (χ1n) is 7.64. The molecule has 0 saturated heterocycles. The average Bonchev–Trinajstić information content (AvgIpc) is 2.64. The minimum Gasteiger partial charge on any atom is -0.302 e. The maximum Gasteiger partial charge on any atom is 0.145 e. The molecule has 24 heavy (non-hydrogen) atoms. The summed E-state index contributed by atoms with van der Waals surface area (Å²) in [5, 5.41) is 0. The molecule has 0 aliphatic carbocycles. The van der Waals surface area contributed by atoms with E-state index in [0.29, 0.717) is 0 Å². The van der Waals surface area contributed by atoms with Crippen LogP contribution in [-0.2, 0) is 0 Å². The summed E-state index contributed by atoms with van der Waals surface area (Å²) in [5.41, 5.74) is 2.94. The Labute approximate surface area is 150 Å². The van der Waals surface area contributed by atoms with Gasteiger partial charge in [-0.3, -0.25) is 0 Å². The summed E-state index contributed by atoms with van der Waals surface area (Å²) in [6.45, 7) is 3.98. The molecule has 0 heterocycles. The maximum absolute atomic E-state index is 4.86. The maximum atomic E-state index is 4.86. The van der Waals surface area contributed by atoms with Crippen molar-refractivity contribution in [2.45, 2.75) is 0 Å². The molecule has 0 aliphatic rings. The van der Waals surface area contributed by atoms with Crippen molar-refractivity contribution < 1.29 is 0 Å². The number of benzene rings is 3. The number of nitrogens with zero attached hydrogens (tertiary/aromatic N) is 2. The van der Waals surface area contributed by atoms with Crippen molar-refractivity contribution in [2.75, 3.05) is 4.90 Å². The van der Waals surface area contributed by atoms with Gasteiger partial charge in [0.2, 0.25) is 0 Å². The molecule has 3 rings (SSSR count). The van der Waals surface area contributed by atoms with Crippen LogP contribution in [0.5, 0.6) is 0 Å². The molecule has 3 aromatic carbocycles. The highest BCUT2D eigenvalue weighted by Gasteiger charge is 2.13. The van der Waals surface area contributed by atoms with Crippen LogP contribution in [0, 0.1) is 0 Å². The molecule has 3 aromatic rings. The first-order valence-corrected chi connectivity index (χ1v) is 8.44. The molecular formula is C21H17BrN2. The second-order valence-electron chi connectivity index (χ2n) is 5.17. The fourth-order valence-electron chi connectivity index (χ4n) is 2.38. The van der Waals surface area contributed by atoms with Crippen molar-refractivity contribution in [1.82, 2.24) is 0 Å². The zero-order chi connectivity index (χ0) is 16.8. The van der Waals surface area contributed by atoms with Gasteiger partial charge in [0.15, 0.2) is 0 Å². The minimum atomic E-state index is 0.829. The van der Waals surface area contributed by atoms with E-state index in [4.69, 9.17) is 4.99 Å². The highest BCUT2D eigenvalue weighted by molar-refractivity contribution is 9.10. The second kappa shape index (κ2) is 7.75. The number of para-hydroxylation sites is 2. The molecule has 0 aromatic heterocycles. The molecule has 0 fully saturated rings. The van der Waals surface area contributed by atoms with Crippen LogP contribution >= 0.6 is 15.9 Å². The molecule has 3 heteroatoms. The number of rotatable bonds is 4. The van der Waals surface area contributed by atoms with E-state index in [1.165, 1.54) is 0 Å². The van der Waals surface area contributed by atoms with Gasteiger partial charge in [-0.15, -0.1) is 0 Å². The molecule has 0 atom stereocenters. The van der Waals surface area contributed by atoms with Crippen LogP contribution in [0.25, 0.3) is 0 Å². The molecule has 118 valence electrons. The Bertz CT molecular complexity index is 825. The van der Waals surface area contributed by atoms with Gasteiger partial charge in [-0.05, 0) is 36.4 Å². The Morgan fingerprint density at radius 3 is 2.00 bits per heavy atom. The van der Waals surface area contributed by atoms with E-state index in [1.54, 1.807) is 6.20 Å². The van der Waals surface area contributed by atoms with Crippen molar-refractivity contribution in [1.29, 1.82) is 0 Å². The molecular weight excluding hydrogens is 360 g/mol. The average molecular weight is 377 g/mol. The summed E-state index contributed by atoms with van der Waals surface area (Å²) in [4.78, 5) is 6.86. The topological polar surface area (TPSA) is 15.6 Å². The van der Waals surface area contributed by atoms with Gasteiger partial charge in [0.05, 0.1) is 5.69 Å². The first kappa shape index (κ1) is 16.2. The summed E-state index contributed by atoms with van der Waals surface area (Å²) >= 11 is 3.49. The normalized spacial score (nSPS) is 11.1. The fourth-order valence-corrected chi connectivity index (χ4v) is 2.65. The van der Waals surface area contributed by atoms with Crippen molar-refractivity contribution in [3.05, 3.63) is 108 Å². The molecule has 0 aliphatic heterocycles. The number of aliphatic imine (C=N–C) groups is 1. The Balaban J connectivity index is 2.12. The van der Waals surface area contributed by atoms with Gasteiger partial charge in [0, 0.05) is 21.9 Å². The highest BCUT2D eigenvalue weighted by Crippen LogP contribution is 2.22. The third-order valence-corrected chi connectivity index (χ3v) is 4.07. The second-order valence-corrected chi connectivity index (χ2v) is 6.08. The van der Waals surface area contributed by atoms with Gasteiger partial charge in [0.25, 0.3) is 0 Å². The predicted molar refractivity (Wildman–Crippen MR) is 106 cm³/mol. The summed E-state index contributed by atoms with van der Waals surface area (Å²) in [5.74, 6) is 0.829.